The lowest BCUT2D eigenvalue weighted by Crippen LogP contribution is -2.28. The molecule has 0 radical (unpaired) electrons. The molecule has 3 N–H and O–H groups in total. The van der Waals surface area contributed by atoms with Crippen molar-refractivity contribution in [2.75, 3.05) is 37.9 Å². The maximum Gasteiger partial charge on any atom is 0.253 e. The number of anilines is 3. The van der Waals surface area contributed by atoms with Crippen LogP contribution in [0.25, 0.3) is 16.9 Å². The van der Waals surface area contributed by atoms with Crippen LogP contribution in [-0.4, -0.2) is 63.8 Å². The second-order valence-electron chi connectivity index (χ2n) is 11.5. The zero-order valence-corrected chi connectivity index (χ0v) is 25.9. The molecule has 2 heterocycles. The van der Waals surface area contributed by atoms with Crippen LogP contribution in [0.1, 0.15) is 53.5 Å². The smallest absolute Gasteiger partial charge is 0.253 e. The standard InChI is InChI=1S/C24H26N6O2.C11H14O/c1-25-20-6-3-5-18(15-20)21-16-30-13-11-26-23(30)22(28-21)27-19-9-7-17(8-10-19)24(32)29(2)12-4-14-31;1-11(2,3)10-6-4-9(8-12)5-7-10/h3,5-11,13,15-16,25,31H,4,12,14H2,1-2H3,(H,27,28);4-8H,1-3H3. The summed E-state index contributed by atoms with van der Waals surface area (Å²) in [6.45, 7) is 7.04. The SMILES string of the molecule is CC(C)(C)c1ccc(C=O)cc1.CNc1cccc(-c2cn3ccnc3c(Nc3ccc(C(=O)N(C)CCCO)cc3)n2)c1. The second kappa shape index (κ2) is 14.4. The lowest BCUT2D eigenvalue weighted by Gasteiger charge is -2.18. The van der Waals surface area contributed by atoms with Crippen molar-refractivity contribution in [1.82, 2.24) is 19.3 Å². The number of nitrogens with zero attached hydrogens (tertiary/aromatic N) is 4. The maximum atomic E-state index is 12.5. The molecule has 1 amide bonds. The first kappa shape index (κ1) is 31.9. The van der Waals surface area contributed by atoms with E-state index < -0.39 is 0 Å². The summed E-state index contributed by atoms with van der Waals surface area (Å²) in [5.41, 5.74) is 7.08. The Kier molecular flexibility index (Phi) is 10.5. The summed E-state index contributed by atoms with van der Waals surface area (Å²) in [5, 5.41) is 15.4. The predicted molar refractivity (Wildman–Crippen MR) is 177 cm³/mol. The van der Waals surface area contributed by atoms with E-state index in [1.807, 2.05) is 84.5 Å². The van der Waals surface area contributed by atoms with Gasteiger partial charge in [0.1, 0.15) is 6.29 Å². The highest BCUT2D eigenvalue weighted by molar-refractivity contribution is 5.94. The van der Waals surface area contributed by atoms with Crippen LogP contribution in [0.3, 0.4) is 0 Å². The first-order chi connectivity index (χ1) is 21.1. The monoisotopic (exact) mass is 592 g/mol. The summed E-state index contributed by atoms with van der Waals surface area (Å²) in [6.07, 6.45) is 7.00. The fourth-order valence-corrected chi connectivity index (χ4v) is 4.51. The fourth-order valence-electron chi connectivity index (χ4n) is 4.51. The maximum absolute atomic E-state index is 12.5. The van der Waals surface area contributed by atoms with Crippen molar-refractivity contribution in [3.8, 4) is 11.3 Å². The highest BCUT2D eigenvalue weighted by Crippen LogP contribution is 2.26. The van der Waals surface area contributed by atoms with Crippen LogP contribution in [0, 0.1) is 0 Å². The summed E-state index contributed by atoms with van der Waals surface area (Å²) in [4.78, 5) is 33.7. The molecule has 0 bridgehead atoms. The van der Waals surface area contributed by atoms with Crippen LogP contribution >= 0.6 is 0 Å². The highest BCUT2D eigenvalue weighted by atomic mass is 16.3. The Morgan fingerprint density at radius 1 is 1.02 bits per heavy atom. The Hall–Kier alpha value is -5.02. The van der Waals surface area contributed by atoms with Crippen molar-refractivity contribution in [3.05, 3.63) is 108 Å². The van der Waals surface area contributed by atoms with Gasteiger partial charge < -0.3 is 25.0 Å². The minimum absolute atomic E-state index is 0.0635. The number of hydrogen-bond donors (Lipinski definition) is 3. The van der Waals surface area contributed by atoms with E-state index in [1.54, 1.807) is 30.3 Å². The fraction of sp³-hybridized carbons (Fsp3) is 0.257. The number of fused-ring (bicyclic) bond motifs is 1. The lowest BCUT2D eigenvalue weighted by molar-refractivity contribution is 0.0786. The molecule has 9 heteroatoms. The molecule has 0 unspecified atom stereocenters. The number of aromatic nitrogens is 3. The third-order valence-corrected chi connectivity index (χ3v) is 7.13. The van der Waals surface area contributed by atoms with Gasteiger partial charge in [0.25, 0.3) is 5.91 Å². The number of carbonyl (C=O) groups excluding carboxylic acids is 2. The Labute approximate surface area is 258 Å². The van der Waals surface area contributed by atoms with Gasteiger partial charge in [-0.15, -0.1) is 0 Å². The topological polar surface area (TPSA) is 112 Å². The summed E-state index contributed by atoms with van der Waals surface area (Å²) in [5.74, 6) is 0.548. The van der Waals surface area contributed by atoms with Gasteiger partial charge in [-0.3, -0.25) is 9.59 Å². The van der Waals surface area contributed by atoms with Gasteiger partial charge in [-0.05, 0) is 53.8 Å². The molecule has 3 aromatic carbocycles. The van der Waals surface area contributed by atoms with Gasteiger partial charge >= 0.3 is 0 Å². The van der Waals surface area contributed by atoms with Crippen molar-refractivity contribution in [2.45, 2.75) is 32.6 Å². The van der Waals surface area contributed by atoms with Crippen LogP contribution in [-0.2, 0) is 5.41 Å². The van der Waals surface area contributed by atoms with Gasteiger partial charge in [0.2, 0.25) is 0 Å². The molecule has 0 atom stereocenters. The number of aliphatic hydroxyl groups excluding tert-OH is 1. The van der Waals surface area contributed by atoms with E-state index in [0.29, 0.717) is 30.0 Å². The minimum Gasteiger partial charge on any atom is -0.396 e. The highest BCUT2D eigenvalue weighted by Gasteiger charge is 2.14. The Morgan fingerprint density at radius 3 is 2.39 bits per heavy atom. The van der Waals surface area contributed by atoms with Gasteiger partial charge in [-0.1, -0.05) is 57.2 Å². The first-order valence-electron chi connectivity index (χ1n) is 14.5. The van der Waals surface area contributed by atoms with E-state index in [-0.39, 0.29) is 17.9 Å². The van der Waals surface area contributed by atoms with Gasteiger partial charge in [0.15, 0.2) is 11.5 Å². The number of aldehydes is 1. The molecule has 2 aromatic heterocycles. The van der Waals surface area contributed by atoms with Crippen molar-refractivity contribution in [3.63, 3.8) is 0 Å². The number of hydrogen-bond acceptors (Lipinski definition) is 7. The number of nitrogens with one attached hydrogen (secondary N) is 2. The first-order valence-corrected chi connectivity index (χ1v) is 14.5. The predicted octanol–water partition coefficient (Wildman–Crippen LogP) is 6.43. The molecule has 5 rings (SSSR count). The minimum atomic E-state index is -0.0785. The molecule has 0 fully saturated rings. The molecular weight excluding hydrogens is 552 g/mol. The van der Waals surface area contributed by atoms with E-state index in [4.69, 9.17) is 10.1 Å². The summed E-state index contributed by atoms with van der Waals surface area (Å²) >= 11 is 0. The zero-order valence-electron chi connectivity index (χ0n) is 25.9. The lowest BCUT2D eigenvalue weighted by atomic mass is 9.87. The van der Waals surface area contributed by atoms with E-state index >= 15 is 0 Å². The Balaban J connectivity index is 0.000000309. The average Bonchev–Trinajstić information content (AvgIpc) is 3.53. The molecule has 0 spiro atoms. The molecule has 0 aliphatic heterocycles. The molecule has 0 saturated heterocycles. The van der Waals surface area contributed by atoms with Crippen LogP contribution < -0.4 is 10.6 Å². The molecular formula is C35H40N6O3. The number of aliphatic hydroxyl groups is 1. The van der Waals surface area contributed by atoms with E-state index in [0.717, 1.165) is 34.5 Å². The molecule has 0 aliphatic rings. The number of rotatable bonds is 9. The van der Waals surface area contributed by atoms with Crippen molar-refractivity contribution in [2.24, 2.45) is 0 Å². The number of amides is 1. The van der Waals surface area contributed by atoms with Gasteiger partial charge in [0, 0.05) is 73.9 Å². The van der Waals surface area contributed by atoms with E-state index in [9.17, 15) is 9.59 Å². The summed E-state index contributed by atoms with van der Waals surface area (Å²) < 4.78 is 1.94. The van der Waals surface area contributed by atoms with Gasteiger partial charge in [-0.2, -0.15) is 0 Å². The molecule has 44 heavy (non-hydrogen) atoms. The summed E-state index contributed by atoms with van der Waals surface area (Å²) in [7, 11) is 3.62. The molecule has 0 saturated carbocycles. The summed E-state index contributed by atoms with van der Waals surface area (Å²) in [6, 6.07) is 23.0. The van der Waals surface area contributed by atoms with Crippen LogP contribution in [0.5, 0.6) is 0 Å². The van der Waals surface area contributed by atoms with Crippen molar-refractivity contribution in [1.29, 1.82) is 0 Å². The second-order valence-corrected chi connectivity index (χ2v) is 11.5. The average molecular weight is 593 g/mol. The Morgan fingerprint density at radius 2 is 1.75 bits per heavy atom. The van der Waals surface area contributed by atoms with Crippen LogP contribution in [0.2, 0.25) is 0 Å². The third kappa shape index (κ3) is 8.08. The quantitative estimate of drug-likeness (QED) is 0.169. The zero-order chi connectivity index (χ0) is 31.7. The molecule has 0 aliphatic carbocycles. The van der Waals surface area contributed by atoms with Gasteiger partial charge in [-0.25, -0.2) is 9.97 Å². The van der Waals surface area contributed by atoms with Gasteiger partial charge in [0.05, 0.1) is 5.69 Å². The molecule has 228 valence electrons. The largest absolute Gasteiger partial charge is 0.396 e. The Bertz CT molecular complexity index is 1690. The number of carbonyl (C=O) groups is 2. The van der Waals surface area contributed by atoms with Crippen LogP contribution in [0.4, 0.5) is 17.2 Å². The van der Waals surface area contributed by atoms with E-state index in [1.165, 1.54) is 5.56 Å². The molecule has 9 nitrogen and oxygen atoms in total. The van der Waals surface area contributed by atoms with Crippen molar-refractivity contribution < 1.29 is 14.7 Å². The van der Waals surface area contributed by atoms with E-state index in [2.05, 4.69) is 36.4 Å². The van der Waals surface area contributed by atoms with Crippen molar-refractivity contribution >= 4 is 35.0 Å². The number of benzene rings is 3. The number of imidazole rings is 1. The normalized spacial score (nSPS) is 11.0. The third-order valence-electron chi connectivity index (χ3n) is 7.13. The molecule has 5 aromatic rings. The van der Waals surface area contributed by atoms with Crippen LogP contribution in [0.15, 0.2) is 91.4 Å².